The van der Waals surface area contributed by atoms with Crippen LogP contribution >= 0.6 is 0 Å². The first-order chi connectivity index (χ1) is 12.7. The summed E-state index contributed by atoms with van der Waals surface area (Å²) < 4.78 is 7.29. The molecule has 6 heteroatoms. The minimum atomic E-state index is -0.253. The molecule has 2 heterocycles. The lowest BCUT2D eigenvalue weighted by atomic mass is 10.3. The van der Waals surface area contributed by atoms with E-state index in [1.54, 1.807) is 24.4 Å². The van der Waals surface area contributed by atoms with Crippen molar-refractivity contribution >= 4 is 17.2 Å². The summed E-state index contributed by atoms with van der Waals surface area (Å²) in [7, 11) is 0. The molecule has 0 saturated heterocycles. The molecule has 0 bridgehead atoms. The lowest BCUT2D eigenvalue weighted by Gasteiger charge is -2.08. The van der Waals surface area contributed by atoms with Gasteiger partial charge in [-0.3, -0.25) is 4.79 Å². The summed E-state index contributed by atoms with van der Waals surface area (Å²) in [6, 6.07) is 20.2. The van der Waals surface area contributed by atoms with Gasteiger partial charge >= 0.3 is 0 Å². The molecule has 4 aromatic rings. The average molecular weight is 344 g/mol. The van der Waals surface area contributed by atoms with Crippen LogP contribution in [0.3, 0.4) is 0 Å². The molecule has 2 aromatic carbocycles. The molecule has 26 heavy (non-hydrogen) atoms. The molecule has 6 nitrogen and oxygen atoms in total. The van der Waals surface area contributed by atoms with E-state index in [0.717, 1.165) is 11.4 Å². The van der Waals surface area contributed by atoms with Gasteiger partial charge in [0.05, 0.1) is 5.69 Å². The molecule has 0 fully saturated rings. The number of nitrogens with zero attached hydrogens (tertiary/aromatic N) is 3. The number of rotatable bonds is 4. The molecule has 0 saturated carbocycles. The molecule has 0 aliphatic carbocycles. The van der Waals surface area contributed by atoms with Gasteiger partial charge in [0.1, 0.15) is 17.2 Å². The van der Waals surface area contributed by atoms with Crippen LogP contribution in [-0.2, 0) is 0 Å². The average Bonchev–Trinajstić information content (AvgIpc) is 3.04. The Hall–Kier alpha value is -3.67. The van der Waals surface area contributed by atoms with Crippen molar-refractivity contribution in [2.45, 2.75) is 6.92 Å². The number of carbonyl (C=O) groups is 1. The molecular formula is C20H16N4O2. The number of ether oxygens (including phenoxy) is 1. The van der Waals surface area contributed by atoms with Crippen LogP contribution in [0, 0.1) is 6.92 Å². The molecule has 1 N–H and O–H groups in total. The third kappa shape index (κ3) is 3.25. The Kier molecular flexibility index (Phi) is 4.07. The number of para-hydroxylation sites is 1. The highest BCUT2D eigenvalue weighted by molar-refractivity contribution is 6.03. The number of carbonyl (C=O) groups excluding carboxylic acids is 1. The predicted octanol–water partition coefficient (Wildman–Crippen LogP) is 4.08. The fourth-order valence-corrected chi connectivity index (χ4v) is 2.61. The third-order valence-corrected chi connectivity index (χ3v) is 3.80. The van der Waals surface area contributed by atoms with Crippen LogP contribution < -0.4 is 10.1 Å². The van der Waals surface area contributed by atoms with E-state index in [0.29, 0.717) is 22.8 Å². The van der Waals surface area contributed by atoms with Crippen LogP contribution in [0.25, 0.3) is 5.65 Å². The second-order valence-electron chi connectivity index (χ2n) is 5.78. The maximum Gasteiger partial charge on any atom is 0.274 e. The smallest absolute Gasteiger partial charge is 0.274 e. The number of anilines is 1. The van der Waals surface area contributed by atoms with Crippen molar-refractivity contribution in [3.8, 4) is 11.5 Å². The van der Waals surface area contributed by atoms with Crippen LogP contribution in [0.1, 0.15) is 16.2 Å². The van der Waals surface area contributed by atoms with Crippen molar-refractivity contribution in [3.63, 3.8) is 0 Å². The van der Waals surface area contributed by atoms with Crippen molar-refractivity contribution in [2.24, 2.45) is 0 Å². The lowest BCUT2D eigenvalue weighted by molar-refractivity contribution is 0.102. The molecule has 0 unspecified atom stereocenters. The Bertz CT molecular complexity index is 1060. The Morgan fingerprint density at radius 1 is 1.00 bits per heavy atom. The fraction of sp³-hybridized carbons (Fsp3) is 0.0500. The summed E-state index contributed by atoms with van der Waals surface area (Å²) in [6.45, 7) is 1.86. The first-order valence-electron chi connectivity index (χ1n) is 8.15. The van der Waals surface area contributed by atoms with Crippen molar-refractivity contribution in [2.75, 3.05) is 5.32 Å². The van der Waals surface area contributed by atoms with Gasteiger partial charge in [0.25, 0.3) is 5.91 Å². The number of amides is 1. The summed E-state index contributed by atoms with van der Waals surface area (Å²) in [5.41, 5.74) is 2.54. The molecule has 0 spiro atoms. The van der Waals surface area contributed by atoms with E-state index in [-0.39, 0.29) is 5.91 Å². The molecule has 2 aromatic heterocycles. The maximum absolute atomic E-state index is 12.6. The molecule has 0 atom stereocenters. The number of fused-ring (bicyclic) bond motifs is 1. The lowest BCUT2D eigenvalue weighted by Crippen LogP contribution is -2.16. The second kappa shape index (κ2) is 6.68. The van der Waals surface area contributed by atoms with Gasteiger partial charge in [0.2, 0.25) is 0 Å². The maximum atomic E-state index is 12.6. The minimum absolute atomic E-state index is 0.253. The minimum Gasteiger partial charge on any atom is -0.457 e. The van der Waals surface area contributed by atoms with Gasteiger partial charge < -0.3 is 10.1 Å². The standard InChI is InChI=1S/C20H16N4O2/c1-14-13-19-21-12-11-18(24(19)23-14)20(25)22-15-7-9-17(10-8-15)26-16-5-3-2-4-6-16/h2-13H,1H3,(H,22,25). The quantitative estimate of drug-likeness (QED) is 0.606. The molecule has 128 valence electrons. The van der Waals surface area contributed by atoms with Crippen LogP contribution in [0.5, 0.6) is 11.5 Å². The van der Waals surface area contributed by atoms with Gasteiger partial charge in [-0.25, -0.2) is 9.50 Å². The number of hydrogen-bond acceptors (Lipinski definition) is 4. The molecule has 0 radical (unpaired) electrons. The van der Waals surface area contributed by atoms with E-state index in [1.807, 2.05) is 55.5 Å². The zero-order valence-corrected chi connectivity index (χ0v) is 14.1. The Morgan fingerprint density at radius 2 is 1.73 bits per heavy atom. The monoisotopic (exact) mass is 344 g/mol. The Morgan fingerprint density at radius 3 is 2.50 bits per heavy atom. The number of aryl methyl sites for hydroxylation is 1. The zero-order valence-electron chi connectivity index (χ0n) is 14.1. The van der Waals surface area contributed by atoms with E-state index in [2.05, 4.69) is 15.4 Å². The molecule has 0 aliphatic rings. The van der Waals surface area contributed by atoms with Gasteiger partial charge in [-0.2, -0.15) is 5.10 Å². The topological polar surface area (TPSA) is 68.5 Å². The van der Waals surface area contributed by atoms with E-state index in [1.165, 1.54) is 4.52 Å². The van der Waals surface area contributed by atoms with Crippen molar-refractivity contribution in [1.82, 2.24) is 14.6 Å². The van der Waals surface area contributed by atoms with Crippen molar-refractivity contribution < 1.29 is 9.53 Å². The van der Waals surface area contributed by atoms with Crippen molar-refractivity contribution in [1.29, 1.82) is 0 Å². The number of hydrogen-bond donors (Lipinski definition) is 1. The fourth-order valence-electron chi connectivity index (χ4n) is 2.61. The highest BCUT2D eigenvalue weighted by atomic mass is 16.5. The SMILES string of the molecule is Cc1cc2nccc(C(=O)Nc3ccc(Oc4ccccc4)cc3)n2n1. The van der Waals surface area contributed by atoms with Gasteiger partial charge in [0.15, 0.2) is 5.65 Å². The number of benzene rings is 2. The zero-order chi connectivity index (χ0) is 17.9. The van der Waals surface area contributed by atoms with Crippen LogP contribution in [-0.4, -0.2) is 20.5 Å². The second-order valence-corrected chi connectivity index (χ2v) is 5.78. The van der Waals surface area contributed by atoms with Gasteiger partial charge in [-0.1, -0.05) is 18.2 Å². The number of aromatic nitrogens is 3. The first kappa shape index (κ1) is 15.8. The summed E-state index contributed by atoms with van der Waals surface area (Å²) in [5.74, 6) is 1.21. The van der Waals surface area contributed by atoms with Gasteiger partial charge in [-0.05, 0) is 49.4 Å². The highest BCUT2D eigenvalue weighted by Gasteiger charge is 2.12. The van der Waals surface area contributed by atoms with E-state index < -0.39 is 0 Å². The van der Waals surface area contributed by atoms with Crippen LogP contribution in [0.4, 0.5) is 5.69 Å². The van der Waals surface area contributed by atoms with Crippen LogP contribution in [0.2, 0.25) is 0 Å². The van der Waals surface area contributed by atoms with Gasteiger partial charge in [-0.15, -0.1) is 0 Å². The summed E-state index contributed by atoms with van der Waals surface area (Å²) >= 11 is 0. The van der Waals surface area contributed by atoms with Crippen molar-refractivity contribution in [3.05, 3.63) is 84.3 Å². The highest BCUT2D eigenvalue weighted by Crippen LogP contribution is 2.22. The number of nitrogens with one attached hydrogen (secondary N) is 1. The normalized spacial score (nSPS) is 10.7. The van der Waals surface area contributed by atoms with E-state index >= 15 is 0 Å². The Balaban J connectivity index is 1.50. The summed E-state index contributed by atoms with van der Waals surface area (Å²) in [6.07, 6.45) is 1.60. The molecule has 0 aliphatic heterocycles. The molecule has 1 amide bonds. The molecule has 4 rings (SSSR count). The van der Waals surface area contributed by atoms with E-state index in [9.17, 15) is 4.79 Å². The Labute approximate surface area is 150 Å². The summed E-state index contributed by atoms with van der Waals surface area (Å²) in [4.78, 5) is 16.8. The third-order valence-electron chi connectivity index (χ3n) is 3.80. The van der Waals surface area contributed by atoms with E-state index in [4.69, 9.17) is 4.74 Å². The molecular weight excluding hydrogens is 328 g/mol. The summed E-state index contributed by atoms with van der Waals surface area (Å²) in [5, 5.41) is 7.18. The predicted molar refractivity (Wildman–Crippen MR) is 98.6 cm³/mol. The largest absolute Gasteiger partial charge is 0.457 e. The first-order valence-corrected chi connectivity index (χ1v) is 8.15. The van der Waals surface area contributed by atoms with Crippen LogP contribution in [0.15, 0.2) is 72.9 Å². The van der Waals surface area contributed by atoms with Gasteiger partial charge in [0, 0.05) is 18.0 Å².